The molecule has 36 heavy (non-hydrogen) atoms. The van der Waals surface area contributed by atoms with Crippen molar-refractivity contribution in [2.45, 2.75) is 12.0 Å². The van der Waals surface area contributed by atoms with E-state index in [-0.39, 0.29) is 30.1 Å². The van der Waals surface area contributed by atoms with Gasteiger partial charge in [-0.05, 0) is 29.8 Å². The van der Waals surface area contributed by atoms with Gasteiger partial charge in [-0.2, -0.15) is 5.26 Å². The van der Waals surface area contributed by atoms with Gasteiger partial charge in [0.2, 0.25) is 5.91 Å². The monoisotopic (exact) mass is 494 g/mol. The fourth-order valence-corrected chi connectivity index (χ4v) is 5.62. The molecule has 0 aromatic heterocycles. The first kappa shape index (κ1) is 22.0. The molecule has 0 bridgehead atoms. The molecule has 1 amide bonds. The molecule has 1 atom stereocenters. The predicted octanol–water partition coefficient (Wildman–Crippen LogP) is 4.15. The Morgan fingerprint density at radius 2 is 1.69 bits per heavy atom. The summed E-state index contributed by atoms with van der Waals surface area (Å²) in [7, 11) is 0. The van der Waals surface area contributed by atoms with Crippen LogP contribution in [-0.4, -0.2) is 18.5 Å². The molecule has 176 valence electrons. The van der Waals surface area contributed by atoms with E-state index in [2.05, 4.69) is 6.07 Å². The van der Waals surface area contributed by atoms with Gasteiger partial charge in [-0.25, -0.2) is 4.79 Å². The Kier molecular flexibility index (Phi) is 4.88. The summed E-state index contributed by atoms with van der Waals surface area (Å²) in [6.07, 6.45) is 0. The average Bonchev–Trinajstić information content (AvgIpc) is 3.38. The lowest BCUT2D eigenvalue weighted by Gasteiger charge is -2.38. The van der Waals surface area contributed by atoms with Gasteiger partial charge in [0.15, 0.2) is 0 Å². The molecule has 0 radical (unpaired) electrons. The fourth-order valence-electron chi connectivity index (χ4n) is 5.42. The van der Waals surface area contributed by atoms with Crippen LogP contribution in [0.2, 0.25) is 5.02 Å². The normalized spacial score (nSPS) is 20.6. The topological polar surface area (TPSA) is 99.7 Å². The second-order valence-electron chi connectivity index (χ2n) is 8.69. The number of halogens is 1. The summed E-state index contributed by atoms with van der Waals surface area (Å²) < 4.78 is 5.48. The van der Waals surface area contributed by atoms with E-state index in [9.17, 15) is 14.9 Å². The molecule has 0 saturated carbocycles. The number of nitriles is 1. The average molecular weight is 495 g/mol. The smallest absolute Gasteiger partial charge is 0.338 e. The van der Waals surface area contributed by atoms with Crippen LogP contribution in [0, 0.1) is 11.3 Å². The zero-order valence-corrected chi connectivity index (χ0v) is 19.7. The van der Waals surface area contributed by atoms with Gasteiger partial charge in [0.05, 0.1) is 23.4 Å². The highest BCUT2D eigenvalue weighted by atomic mass is 35.5. The van der Waals surface area contributed by atoms with Crippen LogP contribution in [0.15, 0.2) is 102 Å². The largest absolute Gasteiger partial charge is 0.456 e. The van der Waals surface area contributed by atoms with E-state index < -0.39 is 17.3 Å². The van der Waals surface area contributed by atoms with E-state index in [1.165, 1.54) is 0 Å². The van der Waals surface area contributed by atoms with Crippen molar-refractivity contribution in [2.24, 2.45) is 5.73 Å². The zero-order chi connectivity index (χ0) is 25.0. The number of anilines is 2. The summed E-state index contributed by atoms with van der Waals surface area (Å²) in [6.45, 7) is 0.0973. The quantitative estimate of drug-likeness (QED) is 0.549. The number of ether oxygens (including phenoxy) is 1. The van der Waals surface area contributed by atoms with E-state index in [1.807, 2.05) is 54.6 Å². The molecule has 2 N–H and O–H groups in total. The molecule has 3 aromatic carbocycles. The Morgan fingerprint density at radius 1 is 1.00 bits per heavy atom. The van der Waals surface area contributed by atoms with Crippen molar-refractivity contribution in [3.8, 4) is 6.07 Å². The van der Waals surface area contributed by atoms with Crippen LogP contribution in [0.25, 0.3) is 0 Å². The number of carbonyl (C=O) groups is 2. The molecule has 7 nitrogen and oxygen atoms in total. The number of nitrogens with zero attached hydrogens (tertiary/aromatic N) is 3. The first-order valence-corrected chi connectivity index (χ1v) is 11.7. The lowest BCUT2D eigenvalue weighted by atomic mass is 9.67. The summed E-state index contributed by atoms with van der Waals surface area (Å²) in [4.78, 5) is 31.0. The van der Waals surface area contributed by atoms with Gasteiger partial charge in [0.1, 0.15) is 23.9 Å². The van der Waals surface area contributed by atoms with Gasteiger partial charge in [0.25, 0.3) is 0 Å². The Morgan fingerprint density at radius 3 is 2.44 bits per heavy atom. The van der Waals surface area contributed by atoms with Crippen molar-refractivity contribution in [3.63, 3.8) is 0 Å². The lowest BCUT2D eigenvalue weighted by molar-refractivity contribution is -0.137. The van der Waals surface area contributed by atoms with Gasteiger partial charge in [-0.15, -0.1) is 0 Å². The molecule has 3 aliphatic heterocycles. The fraction of sp³-hybridized carbons (Fsp3) is 0.107. The number of hydrogen-bond acceptors (Lipinski definition) is 6. The summed E-state index contributed by atoms with van der Waals surface area (Å²) in [5.41, 5.74) is 7.99. The Hall–Kier alpha value is -4.54. The van der Waals surface area contributed by atoms with Crippen LogP contribution in [0.1, 0.15) is 11.1 Å². The van der Waals surface area contributed by atoms with E-state index in [1.54, 1.807) is 34.1 Å². The molecule has 8 heteroatoms. The standard InChI is InChI=1S/C28H19ClN4O3/c29-21-12-6-4-8-17(21)15-32-22-13-7-5-11-19(22)28(27(32)35)20(14-30)25(31)33(18-9-2-1-3-10-18)23-16-36-26(34)24(23)28/h1-13H,15-16,31H2. The van der Waals surface area contributed by atoms with Gasteiger partial charge in [-0.1, -0.05) is 66.2 Å². The molecule has 3 aliphatic rings. The van der Waals surface area contributed by atoms with Gasteiger partial charge in [0, 0.05) is 22.0 Å². The third-order valence-corrected chi connectivity index (χ3v) is 7.30. The summed E-state index contributed by atoms with van der Waals surface area (Å²) >= 11 is 6.42. The number of benzene rings is 3. The second kappa shape index (κ2) is 8.01. The molecular weight excluding hydrogens is 476 g/mol. The maximum Gasteiger partial charge on any atom is 0.338 e. The molecule has 6 rings (SSSR count). The van der Waals surface area contributed by atoms with Crippen molar-refractivity contribution in [3.05, 3.63) is 118 Å². The van der Waals surface area contributed by atoms with Crippen molar-refractivity contribution in [1.82, 2.24) is 0 Å². The van der Waals surface area contributed by atoms with Gasteiger partial charge < -0.3 is 15.4 Å². The van der Waals surface area contributed by atoms with Crippen molar-refractivity contribution in [1.29, 1.82) is 5.26 Å². The number of carbonyl (C=O) groups excluding carboxylic acids is 2. The highest BCUT2D eigenvalue weighted by Crippen LogP contribution is 2.56. The number of amides is 1. The minimum Gasteiger partial charge on any atom is -0.456 e. The summed E-state index contributed by atoms with van der Waals surface area (Å²) in [5.74, 6) is -1.00. The van der Waals surface area contributed by atoms with Crippen LogP contribution in [0.3, 0.4) is 0 Å². The van der Waals surface area contributed by atoms with Crippen LogP contribution < -0.4 is 15.5 Å². The van der Waals surface area contributed by atoms with Crippen LogP contribution in [0.5, 0.6) is 0 Å². The first-order valence-electron chi connectivity index (χ1n) is 11.3. The molecule has 0 saturated heterocycles. The number of nitrogens with two attached hydrogens (primary N) is 1. The lowest BCUT2D eigenvalue weighted by Crippen LogP contribution is -2.50. The zero-order valence-electron chi connectivity index (χ0n) is 18.9. The second-order valence-corrected chi connectivity index (χ2v) is 9.10. The highest BCUT2D eigenvalue weighted by Gasteiger charge is 2.63. The van der Waals surface area contributed by atoms with E-state index in [4.69, 9.17) is 22.1 Å². The van der Waals surface area contributed by atoms with Crippen LogP contribution in [-0.2, 0) is 26.3 Å². The van der Waals surface area contributed by atoms with E-state index in [0.717, 1.165) is 5.56 Å². The molecular formula is C28H19ClN4O3. The summed E-state index contributed by atoms with van der Waals surface area (Å²) in [6, 6.07) is 25.7. The third kappa shape index (κ3) is 2.79. The van der Waals surface area contributed by atoms with Crippen molar-refractivity contribution in [2.75, 3.05) is 16.4 Å². The number of fused-ring (bicyclic) bond motifs is 3. The molecule has 3 heterocycles. The van der Waals surface area contributed by atoms with Crippen molar-refractivity contribution < 1.29 is 14.3 Å². The van der Waals surface area contributed by atoms with Crippen molar-refractivity contribution >= 4 is 34.9 Å². The number of esters is 1. The highest BCUT2D eigenvalue weighted by molar-refractivity contribution is 6.31. The van der Waals surface area contributed by atoms with E-state index in [0.29, 0.717) is 27.7 Å². The molecule has 1 spiro atoms. The minimum absolute atomic E-state index is 0.0111. The predicted molar refractivity (Wildman–Crippen MR) is 134 cm³/mol. The number of para-hydroxylation sites is 2. The number of cyclic esters (lactones) is 1. The first-order chi connectivity index (χ1) is 17.5. The molecule has 3 aromatic rings. The number of hydrogen-bond donors (Lipinski definition) is 1. The maximum atomic E-state index is 14.5. The van der Waals surface area contributed by atoms with Gasteiger partial charge in [-0.3, -0.25) is 9.69 Å². The number of rotatable bonds is 3. The Labute approximate surface area is 212 Å². The van der Waals surface area contributed by atoms with Gasteiger partial charge >= 0.3 is 5.97 Å². The summed E-state index contributed by atoms with van der Waals surface area (Å²) in [5, 5.41) is 11.0. The molecule has 0 fully saturated rings. The Balaban J connectivity index is 1.62. The minimum atomic E-state index is -1.72. The SMILES string of the molecule is N#CC1=C(N)N(c2ccccc2)C2=C(C(=O)OC2)C12C(=O)N(Cc1ccccc1Cl)c1ccccc12. The maximum absolute atomic E-state index is 14.5. The Bertz CT molecular complexity index is 1560. The van der Waals surface area contributed by atoms with E-state index >= 15 is 0 Å². The third-order valence-electron chi connectivity index (χ3n) is 6.93. The molecule has 1 unspecified atom stereocenters. The van der Waals surface area contributed by atoms with Crippen LogP contribution >= 0.6 is 11.6 Å². The molecule has 0 aliphatic carbocycles. The van der Waals surface area contributed by atoms with Crippen LogP contribution in [0.4, 0.5) is 11.4 Å².